The van der Waals surface area contributed by atoms with Crippen LogP contribution in [-0.2, 0) is 5.72 Å². The third-order valence-corrected chi connectivity index (χ3v) is 5.43. The molecule has 5 nitrogen and oxygen atoms in total. The van der Waals surface area contributed by atoms with Gasteiger partial charge in [-0.25, -0.2) is 0 Å². The van der Waals surface area contributed by atoms with Crippen LogP contribution < -0.4 is 9.88 Å². The van der Waals surface area contributed by atoms with Gasteiger partial charge in [0.2, 0.25) is 11.8 Å². The van der Waals surface area contributed by atoms with E-state index in [1.165, 1.54) is 0 Å². The summed E-state index contributed by atoms with van der Waals surface area (Å²) in [5, 5.41) is 25.3. The molecule has 138 valence electrons. The highest BCUT2D eigenvalue weighted by Crippen LogP contribution is 2.47. The van der Waals surface area contributed by atoms with Crippen LogP contribution in [-0.4, -0.2) is 10.1 Å². The number of hydrogen-bond donors (Lipinski definition) is 3. The second-order valence-corrected chi connectivity index (χ2v) is 7.10. The van der Waals surface area contributed by atoms with Gasteiger partial charge in [-0.3, -0.25) is 4.98 Å². The van der Waals surface area contributed by atoms with Crippen LogP contribution in [0.25, 0.3) is 0 Å². The van der Waals surface area contributed by atoms with E-state index in [9.17, 15) is 10.4 Å². The Morgan fingerprint density at radius 1 is 1.04 bits per heavy atom. The van der Waals surface area contributed by atoms with Crippen LogP contribution in [0.3, 0.4) is 0 Å². The summed E-state index contributed by atoms with van der Waals surface area (Å²) in [5.74, 6) is -0.417. The van der Waals surface area contributed by atoms with Crippen molar-refractivity contribution in [2.24, 2.45) is 0 Å². The van der Waals surface area contributed by atoms with Gasteiger partial charge in [0.1, 0.15) is 0 Å². The Labute approximate surface area is 169 Å². The quantitative estimate of drug-likeness (QED) is 0.477. The van der Waals surface area contributed by atoms with Crippen LogP contribution in [0, 0.1) is 11.3 Å². The molecule has 0 fully saturated rings. The maximum atomic E-state index is 11.9. The molecule has 0 spiro atoms. The Morgan fingerprint density at radius 3 is 2.32 bits per heavy atom. The van der Waals surface area contributed by atoms with E-state index >= 15 is 0 Å². The van der Waals surface area contributed by atoms with Crippen molar-refractivity contribution in [3.8, 4) is 6.07 Å². The van der Waals surface area contributed by atoms with Crippen molar-refractivity contribution in [3.05, 3.63) is 107 Å². The van der Waals surface area contributed by atoms with Crippen LogP contribution >= 0.6 is 12.6 Å². The number of allylic oxidation sites excluding steroid dienone is 1. The van der Waals surface area contributed by atoms with E-state index in [1.54, 1.807) is 12.4 Å². The molecule has 0 saturated carbocycles. The third-order valence-electron chi connectivity index (χ3n) is 5.08. The van der Waals surface area contributed by atoms with Gasteiger partial charge < -0.3 is 10.4 Å². The standard InChI is InChI=1S/C22H18N4OS/c23-15-18-19(16-9-11-24-12-10-16)20(26-13-5-2-6-14-26)22(27,25-21(18)28)17-7-3-1-4-8-17/h1-14,19-20,25,27H/p+1/t19-,20+,22+/m1/s1. The van der Waals surface area contributed by atoms with Gasteiger partial charge in [-0.05, 0) is 17.7 Å². The molecule has 0 unspecified atom stereocenters. The maximum absolute atomic E-state index is 11.9. The molecule has 0 amide bonds. The summed E-state index contributed by atoms with van der Waals surface area (Å²) in [6.45, 7) is 0. The molecule has 2 N–H and O–H groups in total. The first kappa shape index (κ1) is 18.2. The molecule has 1 aromatic carbocycles. The monoisotopic (exact) mass is 387 g/mol. The maximum Gasteiger partial charge on any atom is 0.227 e. The normalized spacial score (nSPS) is 24.3. The SMILES string of the molecule is N#CC1=C(S)N[C@](O)(c2ccccc2)[C@@H]([n+]2ccccc2)[C@@H]1c1ccncc1. The minimum absolute atomic E-state index is 0.364. The van der Waals surface area contributed by atoms with Crippen LogP contribution in [0.5, 0.6) is 0 Å². The van der Waals surface area contributed by atoms with Crippen molar-refractivity contribution in [2.45, 2.75) is 17.7 Å². The summed E-state index contributed by atoms with van der Waals surface area (Å²) >= 11 is 4.52. The average Bonchev–Trinajstić information content (AvgIpc) is 2.75. The minimum atomic E-state index is -1.47. The number of nitrogens with one attached hydrogen (secondary N) is 1. The van der Waals surface area contributed by atoms with E-state index in [2.05, 4.69) is 29.0 Å². The summed E-state index contributed by atoms with van der Waals surface area (Å²) in [4.78, 5) is 4.10. The fourth-order valence-electron chi connectivity index (χ4n) is 3.83. The van der Waals surface area contributed by atoms with Crippen molar-refractivity contribution >= 4 is 12.6 Å². The third kappa shape index (κ3) is 3.05. The predicted octanol–water partition coefficient (Wildman–Crippen LogP) is 2.81. The zero-order chi connectivity index (χ0) is 19.6. The molecule has 0 bridgehead atoms. The number of pyridine rings is 2. The van der Waals surface area contributed by atoms with E-state index in [0.717, 1.165) is 5.56 Å². The molecular weight excluding hydrogens is 368 g/mol. The number of nitrogens with zero attached hydrogens (tertiary/aromatic N) is 3. The highest BCUT2D eigenvalue weighted by molar-refractivity contribution is 7.84. The van der Waals surface area contributed by atoms with Crippen molar-refractivity contribution in [1.29, 1.82) is 5.26 Å². The molecule has 2 aromatic heterocycles. The number of nitriles is 1. The summed E-state index contributed by atoms with van der Waals surface area (Å²) in [5.41, 5.74) is 0.573. The van der Waals surface area contributed by atoms with Gasteiger partial charge in [-0.2, -0.15) is 9.83 Å². The van der Waals surface area contributed by atoms with Gasteiger partial charge >= 0.3 is 0 Å². The number of aromatic nitrogens is 2. The van der Waals surface area contributed by atoms with E-state index < -0.39 is 17.7 Å². The fourth-order valence-corrected chi connectivity index (χ4v) is 4.19. The Kier molecular flexibility index (Phi) is 4.86. The van der Waals surface area contributed by atoms with Gasteiger partial charge in [0.05, 0.1) is 22.6 Å². The van der Waals surface area contributed by atoms with Crippen molar-refractivity contribution in [2.75, 3.05) is 0 Å². The summed E-state index contributed by atoms with van der Waals surface area (Å²) in [6.07, 6.45) is 7.18. The molecule has 3 heterocycles. The Hall–Kier alpha value is -3.14. The van der Waals surface area contributed by atoms with Gasteiger partial charge in [0.25, 0.3) is 0 Å². The number of benzene rings is 1. The molecule has 28 heavy (non-hydrogen) atoms. The summed E-state index contributed by atoms with van der Waals surface area (Å²) in [6, 6.07) is 20.6. The molecule has 0 aliphatic carbocycles. The van der Waals surface area contributed by atoms with Crippen LogP contribution in [0.2, 0.25) is 0 Å². The molecule has 4 rings (SSSR count). The van der Waals surface area contributed by atoms with Crippen LogP contribution in [0.15, 0.2) is 96.1 Å². The molecule has 3 atom stereocenters. The topological polar surface area (TPSA) is 72.8 Å². The van der Waals surface area contributed by atoms with Crippen molar-refractivity contribution in [1.82, 2.24) is 10.3 Å². The lowest BCUT2D eigenvalue weighted by molar-refractivity contribution is -0.743. The first-order valence-corrected chi connectivity index (χ1v) is 9.35. The lowest BCUT2D eigenvalue weighted by Gasteiger charge is -2.42. The number of aliphatic hydroxyl groups is 1. The van der Waals surface area contributed by atoms with Crippen molar-refractivity contribution < 1.29 is 9.67 Å². The van der Waals surface area contributed by atoms with Crippen molar-refractivity contribution in [3.63, 3.8) is 0 Å². The number of thiol groups is 1. The predicted molar refractivity (Wildman–Crippen MR) is 108 cm³/mol. The van der Waals surface area contributed by atoms with E-state index in [4.69, 9.17) is 0 Å². The Balaban J connectivity index is 2.01. The van der Waals surface area contributed by atoms with E-state index in [0.29, 0.717) is 16.2 Å². The number of hydrogen-bond acceptors (Lipinski definition) is 5. The molecule has 1 aliphatic heterocycles. The second-order valence-electron chi connectivity index (χ2n) is 6.66. The highest BCUT2D eigenvalue weighted by Gasteiger charge is 2.55. The fraction of sp³-hybridized carbons (Fsp3) is 0.136. The minimum Gasteiger partial charge on any atom is -0.362 e. The molecule has 3 aromatic rings. The molecule has 1 aliphatic rings. The molecule has 0 saturated heterocycles. The van der Waals surface area contributed by atoms with Gasteiger partial charge in [-0.1, -0.05) is 36.4 Å². The van der Waals surface area contributed by atoms with Gasteiger partial charge in [0, 0.05) is 30.1 Å². The summed E-state index contributed by atoms with van der Waals surface area (Å²) in [7, 11) is 0. The zero-order valence-electron chi connectivity index (χ0n) is 15.0. The first-order chi connectivity index (χ1) is 13.6. The smallest absolute Gasteiger partial charge is 0.227 e. The largest absolute Gasteiger partial charge is 0.362 e. The average molecular weight is 387 g/mol. The molecular formula is C22H19N4OS+. The second kappa shape index (κ2) is 7.47. The summed E-state index contributed by atoms with van der Waals surface area (Å²) < 4.78 is 1.93. The Morgan fingerprint density at radius 2 is 1.68 bits per heavy atom. The van der Waals surface area contributed by atoms with Crippen LogP contribution in [0.1, 0.15) is 23.1 Å². The highest BCUT2D eigenvalue weighted by atomic mass is 32.1. The van der Waals surface area contributed by atoms with E-state index in [1.807, 2.05) is 77.6 Å². The van der Waals surface area contributed by atoms with Gasteiger partial charge in [0.15, 0.2) is 12.4 Å². The number of rotatable bonds is 3. The van der Waals surface area contributed by atoms with Gasteiger partial charge in [-0.15, -0.1) is 12.6 Å². The zero-order valence-corrected chi connectivity index (χ0v) is 15.9. The lowest BCUT2D eigenvalue weighted by atomic mass is 9.75. The Bertz CT molecular complexity index is 1030. The lowest BCUT2D eigenvalue weighted by Crippen LogP contribution is -2.62. The molecule has 6 heteroatoms. The van der Waals surface area contributed by atoms with Crippen LogP contribution in [0.4, 0.5) is 0 Å². The first-order valence-electron chi connectivity index (χ1n) is 8.90. The van der Waals surface area contributed by atoms with E-state index in [-0.39, 0.29) is 0 Å². The molecule has 0 radical (unpaired) electrons.